The largest absolute Gasteiger partial charge is 0.489 e. The molecule has 1 aromatic heterocycles. The summed E-state index contributed by atoms with van der Waals surface area (Å²) in [7, 11) is 0. The van der Waals surface area contributed by atoms with E-state index >= 15 is 0 Å². The Bertz CT molecular complexity index is 1110. The first-order valence-corrected chi connectivity index (χ1v) is 8.60. The lowest BCUT2D eigenvalue weighted by atomic mass is 10.0. The molecule has 6 heteroatoms. The molecule has 0 aliphatic rings. The van der Waals surface area contributed by atoms with E-state index in [2.05, 4.69) is 9.97 Å². The molecule has 0 aliphatic carbocycles. The van der Waals surface area contributed by atoms with E-state index in [-0.39, 0.29) is 0 Å². The standard InChI is InChI=1S/C22H15F3N2O/c23-22(24,25)17-8-4-7-16(11-17)21-19-12-18(9-10-20(19)26-14-27-21)28-13-15-5-2-1-3-6-15/h1-12,14H,13H2. The van der Waals surface area contributed by atoms with Crippen molar-refractivity contribution in [1.82, 2.24) is 9.97 Å². The zero-order valence-electron chi connectivity index (χ0n) is 14.6. The Morgan fingerprint density at radius 3 is 2.43 bits per heavy atom. The maximum Gasteiger partial charge on any atom is 0.416 e. The van der Waals surface area contributed by atoms with Crippen molar-refractivity contribution in [2.24, 2.45) is 0 Å². The molecular formula is C22H15F3N2O. The lowest BCUT2D eigenvalue weighted by Gasteiger charge is -2.11. The summed E-state index contributed by atoms with van der Waals surface area (Å²) in [5.74, 6) is 0.597. The van der Waals surface area contributed by atoms with Gasteiger partial charge in [0.1, 0.15) is 18.7 Å². The minimum absolute atomic E-state index is 0.377. The van der Waals surface area contributed by atoms with Gasteiger partial charge in [-0.25, -0.2) is 9.97 Å². The average molecular weight is 380 g/mol. The number of fused-ring (bicyclic) bond motifs is 1. The van der Waals surface area contributed by atoms with Crippen LogP contribution in [0.25, 0.3) is 22.2 Å². The van der Waals surface area contributed by atoms with E-state index in [1.807, 2.05) is 30.3 Å². The van der Waals surface area contributed by atoms with Gasteiger partial charge in [-0.3, -0.25) is 0 Å². The number of alkyl halides is 3. The van der Waals surface area contributed by atoms with Gasteiger partial charge >= 0.3 is 6.18 Å². The third kappa shape index (κ3) is 3.81. The Balaban J connectivity index is 1.71. The van der Waals surface area contributed by atoms with Crippen molar-refractivity contribution in [2.75, 3.05) is 0 Å². The van der Waals surface area contributed by atoms with Crippen molar-refractivity contribution in [3.63, 3.8) is 0 Å². The lowest BCUT2D eigenvalue weighted by Crippen LogP contribution is -2.04. The van der Waals surface area contributed by atoms with Crippen molar-refractivity contribution in [1.29, 1.82) is 0 Å². The van der Waals surface area contributed by atoms with E-state index in [4.69, 9.17) is 4.74 Å². The van der Waals surface area contributed by atoms with E-state index < -0.39 is 11.7 Å². The van der Waals surface area contributed by atoms with Crippen LogP contribution < -0.4 is 4.74 Å². The van der Waals surface area contributed by atoms with Gasteiger partial charge in [-0.2, -0.15) is 13.2 Å². The molecule has 1 heterocycles. The van der Waals surface area contributed by atoms with Gasteiger partial charge in [0.2, 0.25) is 0 Å². The molecule has 0 amide bonds. The van der Waals surface area contributed by atoms with Crippen molar-refractivity contribution in [3.8, 4) is 17.0 Å². The Morgan fingerprint density at radius 1 is 0.821 bits per heavy atom. The topological polar surface area (TPSA) is 35.0 Å². The normalized spacial score (nSPS) is 11.5. The Morgan fingerprint density at radius 2 is 1.64 bits per heavy atom. The van der Waals surface area contributed by atoms with Gasteiger partial charge in [0.05, 0.1) is 16.8 Å². The van der Waals surface area contributed by atoms with Crippen LogP contribution in [0, 0.1) is 0 Å². The number of aromatic nitrogens is 2. The number of ether oxygens (including phenoxy) is 1. The molecule has 4 rings (SSSR count). The van der Waals surface area contributed by atoms with E-state index in [1.54, 1.807) is 24.3 Å². The van der Waals surface area contributed by atoms with Crippen LogP contribution in [0.3, 0.4) is 0 Å². The fourth-order valence-electron chi connectivity index (χ4n) is 2.94. The van der Waals surface area contributed by atoms with Gasteiger partial charge in [0, 0.05) is 10.9 Å². The number of benzene rings is 3. The summed E-state index contributed by atoms with van der Waals surface area (Å²) < 4.78 is 45.0. The second-order valence-corrected chi connectivity index (χ2v) is 6.25. The highest BCUT2D eigenvalue weighted by Crippen LogP contribution is 2.34. The van der Waals surface area contributed by atoms with E-state index in [9.17, 15) is 13.2 Å². The highest BCUT2D eigenvalue weighted by molar-refractivity contribution is 5.93. The molecular weight excluding hydrogens is 365 g/mol. The van der Waals surface area contributed by atoms with Gasteiger partial charge < -0.3 is 4.74 Å². The third-order valence-corrected chi connectivity index (χ3v) is 4.32. The summed E-state index contributed by atoms with van der Waals surface area (Å²) in [6, 6.07) is 20.1. The maximum atomic E-state index is 13.1. The molecule has 3 nitrogen and oxygen atoms in total. The summed E-state index contributed by atoms with van der Waals surface area (Å²) in [5.41, 5.74) is 1.75. The molecule has 140 valence electrons. The Hall–Kier alpha value is -3.41. The van der Waals surface area contributed by atoms with Crippen LogP contribution in [0.15, 0.2) is 79.1 Å². The maximum absolute atomic E-state index is 13.1. The molecule has 4 aromatic rings. The van der Waals surface area contributed by atoms with E-state index in [1.165, 1.54) is 12.4 Å². The van der Waals surface area contributed by atoms with Crippen LogP contribution >= 0.6 is 0 Å². The monoisotopic (exact) mass is 380 g/mol. The van der Waals surface area contributed by atoms with Gasteiger partial charge in [-0.1, -0.05) is 42.5 Å². The molecule has 0 unspecified atom stereocenters. The first-order valence-electron chi connectivity index (χ1n) is 8.60. The highest BCUT2D eigenvalue weighted by atomic mass is 19.4. The Labute approximate surface area is 159 Å². The predicted molar refractivity (Wildman–Crippen MR) is 101 cm³/mol. The fourth-order valence-corrected chi connectivity index (χ4v) is 2.94. The van der Waals surface area contributed by atoms with Crippen LogP contribution in [0.2, 0.25) is 0 Å². The van der Waals surface area contributed by atoms with Gasteiger partial charge in [-0.05, 0) is 35.9 Å². The van der Waals surface area contributed by atoms with Gasteiger partial charge in [0.15, 0.2) is 0 Å². The predicted octanol–water partition coefficient (Wildman–Crippen LogP) is 5.89. The highest BCUT2D eigenvalue weighted by Gasteiger charge is 2.30. The van der Waals surface area contributed by atoms with E-state index in [0.29, 0.717) is 34.5 Å². The summed E-state index contributed by atoms with van der Waals surface area (Å²) in [6.45, 7) is 0.388. The minimum Gasteiger partial charge on any atom is -0.489 e. The quantitative estimate of drug-likeness (QED) is 0.442. The molecule has 0 saturated carbocycles. The molecule has 0 spiro atoms. The van der Waals surface area contributed by atoms with Crippen molar-refractivity contribution < 1.29 is 17.9 Å². The smallest absolute Gasteiger partial charge is 0.416 e. The second kappa shape index (κ2) is 7.31. The summed E-state index contributed by atoms with van der Waals surface area (Å²) in [6.07, 6.45) is -3.06. The average Bonchev–Trinajstić information content (AvgIpc) is 2.72. The van der Waals surface area contributed by atoms with Crippen LogP contribution in [0.4, 0.5) is 13.2 Å². The van der Waals surface area contributed by atoms with E-state index in [0.717, 1.165) is 17.7 Å². The number of rotatable bonds is 4. The summed E-state index contributed by atoms with van der Waals surface area (Å²) >= 11 is 0. The minimum atomic E-state index is -4.41. The third-order valence-electron chi connectivity index (χ3n) is 4.32. The number of halogens is 3. The van der Waals surface area contributed by atoms with Crippen molar-refractivity contribution in [2.45, 2.75) is 12.8 Å². The van der Waals surface area contributed by atoms with Crippen molar-refractivity contribution in [3.05, 3.63) is 90.3 Å². The first kappa shape index (κ1) is 18.0. The Kier molecular flexibility index (Phi) is 4.69. The fraction of sp³-hybridized carbons (Fsp3) is 0.0909. The molecule has 28 heavy (non-hydrogen) atoms. The van der Waals surface area contributed by atoms with Crippen LogP contribution in [0.5, 0.6) is 5.75 Å². The van der Waals surface area contributed by atoms with Crippen LogP contribution in [0.1, 0.15) is 11.1 Å². The summed E-state index contributed by atoms with van der Waals surface area (Å²) in [5, 5.41) is 0.632. The zero-order valence-corrected chi connectivity index (χ0v) is 14.6. The molecule has 3 aromatic carbocycles. The molecule has 0 fully saturated rings. The van der Waals surface area contributed by atoms with Crippen LogP contribution in [-0.2, 0) is 12.8 Å². The van der Waals surface area contributed by atoms with Crippen molar-refractivity contribution >= 4 is 10.9 Å². The molecule has 0 bridgehead atoms. The number of hydrogen-bond acceptors (Lipinski definition) is 3. The van der Waals surface area contributed by atoms with Gasteiger partial charge in [0.25, 0.3) is 0 Å². The first-order chi connectivity index (χ1) is 13.5. The molecule has 0 saturated heterocycles. The molecule has 0 atom stereocenters. The second-order valence-electron chi connectivity index (χ2n) is 6.25. The number of hydrogen-bond donors (Lipinski definition) is 0. The lowest BCUT2D eigenvalue weighted by molar-refractivity contribution is -0.137. The molecule has 0 aliphatic heterocycles. The SMILES string of the molecule is FC(F)(F)c1cccc(-c2ncnc3ccc(OCc4ccccc4)cc23)c1. The summed E-state index contributed by atoms with van der Waals surface area (Å²) in [4.78, 5) is 8.43. The van der Waals surface area contributed by atoms with Gasteiger partial charge in [-0.15, -0.1) is 0 Å². The molecule has 0 radical (unpaired) electrons. The zero-order chi connectivity index (χ0) is 19.6. The van der Waals surface area contributed by atoms with Crippen LogP contribution in [-0.4, -0.2) is 9.97 Å². The molecule has 0 N–H and O–H groups in total. The number of nitrogens with zero attached hydrogens (tertiary/aromatic N) is 2.